The molecule has 0 aromatic carbocycles. The van der Waals surface area contributed by atoms with Crippen molar-refractivity contribution in [2.75, 3.05) is 6.61 Å². The lowest BCUT2D eigenvalue weighted by atomic mass is 9.99. The van der Waals surface area contributed by atoms with Gasteiger partial charge in [0, 0.05) is 17.6 Å². The van der Waals surface area contributed by atoms with E-state index in [0.29, 0.717) is 13.0 Å². The minimum absolute atomic E-state index is 0.186. The van der Waals surface area contributed by atoms with Crippen LogP contribution in [-0.4, -0.2) is 24.6 Å². The molecule has 4 heteroatoms. The molecule has 0 aromatic heterocycles. The number of ether oxygens (including phenoxy) is 2. The molecular weight excluding hydrogens is 304 g/mol. The van der Waals surface area contributed by atoms with Crippen LogP contribution in [0.25, 0.3) is 0 Å². The Hall–Kier alpha value is -2.10. The van der Waals surface area contributed by atoms with Crippen LogP contribution in [0, 0.1) is 0 Å². The molecule has 0 saturated heterocycles. The average molecular weight is 330 g/mol. The lowest BCUT2D eigenvalue weighted by Crippen LogP contribution is -2.24. The average Bonchev–Trinajstić information content (AvgIpc) is 2.93. The topological polar surface area (TPSA) is 52.6 Å². The molecule has 2 rings (SSSR count). The first kappa shape index (κ1) is 18.2. The van der Waals surface area contributed by atoms with E-state index in [2.05, 4.69) is 19.9 Å². The van der Waals surface area contributed by atoms with Crippen LogP contribution in [0.3, 0.4) is 0 Å². The summed E-state index contributed by atoms with van der Waals surface area (Å²) in [7, 11) is 0. The number of carbonyl (C=O) groups is 2. The van der Waals surface area contributed by atoms with Gasteiger partial charge < -0.3 is 9.47 Å². The Kier molecular flexibility index (Phi) is 6.59. The molecule has 1 atom stereocenters. The third kappa shape index (κ3) is 5.22. The first-order valence-corrected chi connectivity index (χ1v) is 8.53. The van der Waals surface area contributed by atoms with E-state index in [1.54, 1.807) is 0 Å². The minimum atomic E-state index is -0.214. The smallest absolute Gasteiger partial charge is 0.334 e. The van der Waals surface area contributed by atoms with Gasteiger partial charge >= 0.3 is 11.9 Å². The van der Waals surface area contributed by atoms with Crippen LogP contribution in [0.2, 0.25) is 0 Å². The molecule has 4 nitrogen and oxygen atoms in total. The summed E-state index contributed by atoms with van der Waals surface area (Å²) >= 11 is 0. The van der Waals surface area contributed by atoms with E-state index >= 15 is 0 Å². The van der Waals surface area contributed by atoms with Gasteiger partial charge in [0.15, 0.2) is 0 Å². The number of allylic oxidation sites excluding steroid dienone is 3. The second-order valence-electron chi connectivity index (χ2n) is 6.49. The fourth-order valence-electron chi connectivity index (χ4n) is 2.77. The van der Waals surface area contributed by atoms with E-state index in [4.69, 9.17) is 9.47 Å². The van der Waals surface area contributed by atoms with Crippen molar-refractivity contribution >= 4 is 11.9 Å². The molecule has 0 aromatic rings. The lowest BCUT2D eigenvalue weighted by Gasteiger charge is -2.23. The minimum Gasteiger partial charge on any atom is -0.458 e. The number of carbonyl (C=O) groups excluding carboxylic acids is 2. The van der Waals surface area contributed by atoms with Gasteiger partial charge in [0.05, 0.1) is 0 Å². The highest BCUT2D eigenvalue weighted by molar-refractivity contribution is 5.90. The molecule has 1 unspecified atom stereocenters. The van der Waals surface area contributed by atoms with Gasteiger partial charge in [0.1, 0.15) is 12.7 Å². The fraction of sp³-hybridized carbons (Fsp3) is 0.500. The zero-order valence-electron chi connectivity index (χ0n) is 14.8. The zero-order valence-corrected chi connectivity index (χ0v) is 14.8. The van der Waals surface area contributed by atoms with Crippen LogP contribution < -0.4 is 0 Å². The largest absolute Gasteiger partial charge is 0.458 e. The fourth-order valence-corrected chi connectivity index (χ4v) is 2.77. The SMILES string of the molecule is CC(C)=CCCC1=CCC(/C(C)=C/CCC2=CCOC2=O)OC1=O. The summed E-state index contributed by atoms with van der Waals surface area (Å²) in [6, 6.07) is 0. The number of cyclic esters (lactones) is 2. The van der Waals surface area contributed by atoms with Gasteiger partial charge in [-0.25, -0.2) is 9.59 Å². The van der Waals surface area contributed by atoms with E-state index in [-0.39, 0.29) is 18.0 Å². The van der Waals surface area contributed by atoms with E-state index in [1.165, 1.54) is 5.57 Å². The van der Waals surface area contributed by atoms with Gasteiger partial charge in [0.2, 0.25) is 0 Å². The van der Waals surface area contributed by atoms with Gasteiger partial charge in [-0.2, -0.15) is 0 Å². The van der Waals surface area contributed by atoms with E-state index in [0.717, 1.165) is 42.4 Å². The van der Waals surface area contributed by atoms with Crippen LogP contribution in [-0.2, 0) is 19.1 Å². The van der Waals surface area contributed by atoms with E-state index < -0.39 is 0 Å². The number of esters is 2. The third-order valence-corrected chi connectivity index (χ3v) is 4.25. The molecule has 0 amide bonds. The number of hydrogen-bond acceptors (Lipinski definition) is 4. The predicted molar refractivity (Wildman–Crippen MR) is 93.3 cm³/mol. The van der Waals surface area contributed by atoms with Gasteiger partial charge in [-0.15, -0.1) is 0 Å². The Morgan fingerprint density at radius 2 is 1.71 bits per heavy atom. The second-order valence-corrected chi connectivity index (χ2v) is 6.49. The van der Waals surface area contributed by atoms with Gasteiger partial charge in [0.25, 0.3) is 0 Å². The second kappa shape index (κ2) is 8.67. The summed E-state index contributed by atoms with van der Waals surface area (Å²) in [5, 5.41) is 0. The summed E-state index contributed by atoms with van der Waals surface area (Å²) in [4.78, 5) is 23.5. The molecule has 130 valence electrons. The highest BCUT2D eigenvalue weighted by Crippen LogP contribution is 2.24. The van der Waals surface area contributed by atoms with E-state index in [9.17, 15) is 9.59 Å². The van der Waals surface area contributed by atoms with Crippen molar-refractivity contribution in [1.29, 1.82) is 0 Å². The molecule has 0 aliphatic carbocycles. The number of rotatable bonds is 7. The van der Waals surface area contributed by atoms with Crippen LogP contribution in [0.1, 0.15) is 52.9 Å². The van der Waals surface area contributed by atoms with E-state index in [1.807, 2.05) is 25.2 Å². The summed E-state index contributed by atoms with van der Waals surface area (Å²) in [6.45, 7) is 6.47. The van der Waals surface area contributed by atoms with Crippen molar-refractivity contribution in [3.63, 3.8) is 0 Å². The molecular formula is C20H26O4. The molecule has 0 N–H and O–H groups in total. The maximum absolute atomic E-state index is 12.1. The standard InChI is InChI=1S/C20H26O4/c1-14(2)6-4-8-16-10-11-18(24-20(16)22)15(3)7-5-9-17-12-13-23-19(17)21/h6-7,10,12,18H,4-5,8-9,11,13H2,1-3H3/b15-7+. The molecule has 0 bridgehead atoms. The third-order valence-electron chi connectivity index (χ3n) is 4.25. The van der Waals surface area contributed by atoms with Crippen molar-refractivity contribution in [2.24, 2.45) is 0 Å². The highest BCUT2D eigenvalue weighted by Gasteiger charge is 2.23. The molecule has 2 heterocycles. The summed E-state index contributed by atoms with van der Waals surface area (Å²) < 4.78 is 10.4. The molecule has 2 aliphatic heterocycles. The Morgan fingerprint density at radius 1 is 1.04 bits per heavy atom. The van der Waals surface area contributed by atoms with Crippen molar-refractivity contribution in [3.8, 4) is 0 Å². The van der Waals surface area contributed by atoms with Crippen LogP contribution in [0.5, 0.6) is 0 Å². The first-order valence-electron chi connectivity index (χ1n) is 8.53. The highest BCUT2D eigenvalue weighted by atomic mass is 16.5. The molecule has 0 saturated carbocycles. The zero-order chi connectivity index (χ0) is 17.5. The van der Waals surface area contributed by atoms with Crippen molar-refractivity contribution in [2.45, 2.75) is 59.0 Å². The Morgan fingerprint density at radius 3 is 2.29 bits per heavy atom. The number of hydrogen-bond donors (Lipinski definition) is 0. The monoisotopic (exact) mass is 330 g/mol. The molecule has 24 heavy (non-hydrogen) atoms. The maximum Gasteiger partial charge on any atom is 0.334 e. The molecule has 2 aliphatic rings. The summed E-state index contributed by atoms with van der Waals surface area (Å²) in [6.07, 6.45) is 11.6. The molecule has 0 fully saturated rings. The van der Waals surface area contributed by atoms with Gasteiger partial charge in [-0.3, -0.25) is 0 Å². The normalized spacial score (nSPS) is 21.0. The predicted octanol–water partition coefficient (Wildman–Crippen LogP) is 4.18. The summed E-state index contributed by atoms with van der Waals surface area (Å²) in [5.41, 5.74) is 3.81. The van der Waals surface area contributed by atoms with Crippen molar-refractivity contribution < 1.29 is 19.1 Å². The van der Waals surface area contributed by atoms with Gasteiger partial charge in [-0.05, 0) is 58.1 Å². The molecule has 0 radical (unpaired) electrons. The van der Waals surface area contributed by atoms with Crippen LogP contribution >= 0.6 is 0 Å². The Balaban J connectivity index is 1.83. The quantitative estimate of drug-likeness (QED) is 0.519. The summed E-state index contributed by atoms with van der Waals surface area (Å²) in [5.74, 6) is -0.419. The lowest BCUT2D eigenvalue weighted by molar-refractivity contribution is -0.144. The Labute approximate surface area is 143 Å². The Bertz CT molecular complexity index is 616. The van der Waals surface area contributed by atoms with Crippen molar-refractivity contribution in [1.82, 2.24) is 0 Å². The molecule has 0 spiro atoms. The van der Waals surface area contributed by atoms with Crippen LogP contribution in [0.15, 0.2) is 46.6 Å². The maximum atomic E-state index is 12.1. The van der Waals surface area contributed by atoms with Gasteiger partial charge in [-0.1, -0.05) is 23.8 Å². The first-order chi connectivity index (χ1) is 11.5. The van der Waals surface area contributed by atoms with Crippen molar-refractivity contribution in [3.05, 3.63) is 46.6 Å². The van der Waals surface area contributed by atoms with Crippen LogP contribution in [0.4, 0.5) is 0 Å².